The number of nitrogens with zero attached hydrogens (tertiary/aromatic N) is 2. The summed E-state index contributed by atoms with van der Waals surface area (Å²) in [5.74, 6) is -1.32. The number of hydrogen-bond acceptors (Lipinski definition) is 4. The lowest BCUT2D eigenvalue weighted by Crippen LogP contribution is -2.37. The molecule has 0 unspecified atom stereocenters. The first-order valence-electron chi connectivity index (χ1n) is 6.43. The van der Waals surface area contributed by atoms with Crippen LogP contribution in [0.3, 0.4) is 0 Å². The Hall–Kier alpha value is -1.83. The van der Waals surface area contributed by atoms with E-state index in [-0.39, 0.29) is 17.9 Å². The Labute approximate surface area is 120 Å². The van der Waals surface area contributed by atoms with Crippen molar-refractivity contribution in [2.45, 2.75) is 25.9 Å². The Balaban J connectivity index is 3.18. The molecule has 5 nitrogen and oxygen atoms in total. The number of carboxylic acids is 1. The van der Waals surface area contributed by atoms with Crippen LogP contribution in [0.15, 0.2) is 12.1 Å². The maximum Gasteiger partial charge on any atom is 0.405 e. The fourth-order valence-corrected chi connectivity index (χ4v) is 1.85. The van der Waals surface area contributed by atoms with Gasteiger partial charge >= 0.3 is 12.1 Å². The monoisotopic (exact) mass is 306 g/mol. The first-order valence-corrected chi connectivity index (χ1v) is 6.43. The number of hydrogen-bond donors (Lipinski definition) is 2. The SMILES string of the molecule is CCCc1cc(C(=O)O)cc(N(CCO)CC(F)(F)F)n1. The molecule has 0 saturated carbocycles. The number of rotatable bonds is 7. The molecule has 0 radical (unpaired) electrons. The van der Waals surface area contributed by atoms with Crippen molar-refractivity contribution in [2.75, 3.05) is 24.6 Å². The lowest BCUT2D eigenvalue weighted by atomic mass is 10.1. The highest BCUT2D eigenvalue weighted by atomic mass is 19.4. The quantitative estimate of drug-likeness (QED) is 0.807. The van der Waals surface area contributed by atoms with Gasteiger partial charge in [-0.25, -0.2) is 9.78 Å². The number of aromatic nitrogens is 1. The van der Waals surface area contributed by atoms with Crippen LogP contribution in [0, 0.1) is 0 Å². The van der Waals surface area contributed by atoms with Crippen LogP contribution in [-0.4, -0.2) is 47.0 Å². The van der Waals surface area contributed by atoms with Crippen molar-refractivity contribution in [3.63, 3.8) is 0 Å². The van der Waals surface area contributed by atoms with Crippen molar-refractivity contribution in [2.24, 2.45) is 0 Å². The van der Waals surface area contributed by atoms with Crippen LogP contribution >= 0.6 is 0 Å². The summed E-state index contributed by atoms with van der Waals surface area (Å²) in [4.78, 5) is 15.9. The standard InChI is InChI=1S/C13H17F3N2O3/c1-2-3-10-6-9(12(20)21)7-11(17-10)18(4-5-19)8-13(14,15)16/h6-7,19H,2-5,8H2,1H3,(H,20,21). The molecule has 0 bridgehead atoms. The van der Waals surface area contributed by atoms with Crippen LogP contribution in [0.4, 0.5) is 19.0 Å². The number of anilines is 1. The molecule has 0 aliphatic carbocycles. The Kier molecular flexibility index (Phi) is 5.95. The van der Waals surface area contributed by atoms with Crippen molar-refractivity contribution in [3.8, 4) is 0 Å². The van der Waals surface area contributed by atoms with Gasteiger partial charge in [0.2, 0.25) is 0 Å². The fraction of sp³-hybridized carbons (Fsp3) is 0.538. The molecule has 0 saturated heterocycles. The molecule has 1 aromatic rings. The first-order chi connectivity index (χ1) is 9.76. The molecule has 118 valence electrons. The zero-order chi connectivity index (χ0) is 16.0. The third kappa shape index (κ3) is 5.58. The number of carboxylic acid groups (broad SMARTS) is 1. The normalized spacial score (nSPS) is 11.5. The van der Waals surface area contributed by atoms with Gasteiger partial charge in [-0.2, -0.15) is 13.2 Å². The number of aliphatic hydroxyl groups is 1. The zero-order valence-electron chi connectivity index (χ0n) is 11.5. The van der Waals surface area contributed by atoms with E-state index in [2.05, 4.69) is 4.98 Å². The van der Waals surface area contributed by atoms with Crippen molar-refractivity contribution in [1.29, 1.82) is 0 Å². The summed E-state index contributed by atoms with van der Waals surface area (Å²) < 4.78 is 37.7. The van der Waals surface area contributed by atoms with Gasteiger partial charge in [0, 0.05) is 12.2 Å². The van der Waals surface area contributed by atoms with Gasteiger partial charge in [0.15, 0.2) is 0 Å². The van der Waals surface area contributed by atoms with Gasteiger partial charge < -0.3 is 15.1 Å². The summed E-state index contributed by atoms with van der Waals surface area (Å²) in [6, 6.07) is 2.43. The van der Waals surface area contributed by atoms with Gasteiger partial charge in [-0.1, -0.05) is 13.3 Å². The van der Waals surface area contributed by atoms with Crippen LogP contribution < -0.4 is 4.90 Å². The highest BCUT2D eigenvalue weighted by Gasteiger charge is 2.31. The topological polar surface area (TPSA) is 73.7 Å². The number of pyridine rings is 1. The van der Waals surface area contributed by atoms with Crippen LogP contribution in [0.2, 0.25) is 0 Å². The lowest BCUT2D eigenvalue weighted by Gasteiger charge is -2.24. The van der Waals surface area contributed by atoms with E-state index in [1.807, 2.05) is 6.92 Å². The Morgan fingerprint density at radius 3 is 2.52 bits per heavy atom. The van der Waals surface area contributed by atoms with Crippen molar-refractivity contribution in [3.05, 3.63) is 23.4 Å². The second kappa shape index (κ2) is 7.26. The molecule has 0 fully saturated rings. The molecule has 0 spiro atoms. The molecule has 1 heterocycles. The molecule has 0 atom stereocenters. The third-order valence-corrected chi connectivity index (χ3v) is 2.68. The smallest absolute Gasteiger partial charge is 0.405 e. The molecule has 0 amide bonds. The van der Waals surface area contributed by atoms with E-state index in [0.717, 1.165) is 11.0 Å². The van der Waals surface area contributed by atoms with Gasteiger partial charge in [-0.3, -0.25) is 0 Å². The summed E-state index contributed by atoms with van der Waals surface area (Å²) >= 11 is 0. The summed E-state index contributed by atoms with van der Waals surface area (Å²) in [5.41, 5.74) is 0.297. The minimum Gasteiger partial charge on any atom is -0.478 e. The van der Waals surface area contributed by atoms with Gasteiger partial charge in [0.1, 0.15) is 12.4 Å². The van der Waals surface area contributed by atoms with Crippen molar-refractivity contribution >= 4 is 11.8 Å². The second-order valence-electron chi connectivity index (χ2n) is 4.52. The van der Waals surface area contributed by atoms with E-state index in [1.54, 1.807) is 0 Å². The number of alkyl halides is 3. The molecule has 8 heteroatoms. The predicted octanol–water partition coefficient (Wildman–Crippen LogP) is 2.09. The van der Waals surface area contributed by atoms with Crippen molar-refractivity contribution < 1.29 is 28.2 Å². The van der Waals surface area contributed by atoms with E-state index in [1.165, 1.54) is 6.07 Å². The average Bonchev–Trinajstić information content (AvgIpc) is 2.36. The predicted molar refractivity (Wildman–Crippen MR) is 70.5 cm³/mol. The van der Waals surface area contributed by atoms with Crippen LogP contribution in [-0.2, 0) is 6.42 Å². The average molecular weight is 306 g/mol. The molecule has 1 aromatic heterocycles. The minimum atomic E-state index is -4.47. The molecular formula is C13H17F3N2O3. The van der Waals surface area contributed by atoms with E-state index in [9.17, 15) is 18.0 Å². The van der Waals surface area contributed by atoms with E-state index >= 15 is 0 Å². The molecule has 1 rings (SSSR count). The molecule has 2 N–H and O–H groups in total. The summed E-state index contributed by atoms with van der Waals surface area (Å²) in [6.07, 6.45) is -3.32. The zero-order valence-corrected chi connectivity index (χ0v) is 11.5. The Morgan fingerprint density at radius 1 is 1.38 bits per heavy atom. The fourth-order valence-electron chi connectivity index (χ4n) is 1.85. The minimum absolute atomic E-state index is 0.0928. The Bertz CT molecular complexity index is 492. The largest absolute Gasteiger partial charge is 0.478 e. The number of aryl methyl sites for hydroxylation is 1. The Morgan fingerprint density at radius 2 is 2.05 bits per heavy atom. The highest BCUT2D eigenvalue weighted by Crippen LogP contribution is 2.22. The maximum atomic E-state index is 12.6. The number of carbonyl (C=O) groups is 1. The highest BCUT2D eigenvalue weighted by molar-refractivity contribution is 5.88. The van der Waals surface area contributed by atoms with E-state index in [4.69, 9.17) is 10.2 Å². The second-order valence-corrected chi connectivity index (χ2v) is 4.52. The van der Waals surface area contributed by atoms with Crippen molar-refractivity contribution in [1.82, 2.24) is 4.98 Å². The maximum absolute atomic E-state index is 12.6. The lowest BCUT2D eigenvalue weighted by molar-refractivity contribution is -0.120. The van der Waals surface area contributed by atoms with Crippen LogP contribution in [0.5, 0.6) is 0 Å². The number of aromatic carboxylic acids is 1. The summed E-state index contributed by atoms with van der Waals surface area (Å²) in [6.45, 7) is -0.204. The molecular weight excluding hydrogens is 289 g/mol. The van der Waals surface area contributed by atoms with E-state index < -0.39 is 25.3 Å². The third-order valence-electron chi connectivity index (χ3n) is 2.68. The summed E-state index contributed by atoms with van der Waals surface area (Å²) in [5, 5.41) is 17.9. The number of aliphatic hydroxyl groups excluding tert-OH is 1. The molecule has 21 heavy (non-hydrogen) atoms. The van der Waals surface area contributed by atoms with Crippen LogP contribution in [0.25, 0.3) is 0 Å². The van der Waals surface area contributed by atoms with E-state index in [0.29, 0.717) is 18.5 Å². The summed E-state index contributed by atoms with van der Waals surface area (Å²) in [7, 11) is 0. The van der Waals surface area contributed by atoms with Gasteiger partial charge in [-0.05, 0) is 18.6 Å². The first kappa shape index (κ1) is 17.2. The molecule has 0 aliphatic heterocycles. The number of halogens is 3. The van der Waals surface area contributed by atoms with Gasteiger partial charge in [0.05, 0.1) is 12.2 Å². The molecule has 0 aliphatic rings. The van der Waals surface area contributed by atoms with Crippen LogP contribution in [0.1, 0.15) is 29.4 Å². The van der Waals surface area contributed by atoms with Gasteiger partial charge in [-0.15, -0.1) is 0 Å². The van der Waals surface area contributed by atoms with Gasteiger partial charge in [0.25, 0.3) is 0 Å². The molecule has 0 aromatic carbocycles.